The molecule has 0 aliphatic rings. The van der Waals surface area contributed by atoms with Crippen molar-refractivity contribution >= 4 is 26.8 Å². The van der Waals surface area contributed by atoms with Gasteiger partial charge >= 0.3 is 0 Å². The summed E-state index contributed by atoms with van der Waals surface area (Å²) in [6.45, 7) is 2.37. The van der Waals surface area contributed by atoms with E-state index < -0.39 is 10.0 Å². The Morgan fingerprint density at radius 1 is 1.20 bits per heavy atom. The number of hydrogen-bond acceptors (Lipinski definition) is 4. The molecule has 3 rings (SSSR count). The molecule has 1 heterocycles. The van der Waals surface area contributed by atoms with E-state index in [1.807, 2.05) is 25.1 Å². The number of aryl methyl sites for hydroxylation is 1. The minimum atomic E-state index is -3.69. The number of sulfonamides is 1. The number of nitrogens with two attached hydrogens (primary N) is 1. The van der Waals surface area contributed by atoms with Crippen LogP contribution in [-0.2, 0) is 16.4 Å². The maximum absolute atomic E-state index is 12.3. The third kappa shape index (κ3) is 3.86. The van der Waals surface area contributed by atoms with Crippen LogP contribution >= 0.6 is 0 Å². The summed E-state index contributed by atoms with van der Waals surface area (Å²) in [5, 5.41) is 15.6. The molecule has 1 aromatic heterocycles. The lowest BCUT2D eigenvalue weighted by Crippen LogP contribution is -2.26. The smallest absolute Gasteiger partial charge is 0.272 e. The summed E-state index contributed by atoms with van der Waals surface area (Å²) in [5.41, 5.74) is 3.13. The predicted molar refractivity (Wildman–Crippen MR) is 94.7 cm³/mol. The molecule has 0 aliphatic heterocycles. The van der Waals surface area contributed by atoms with Gasteiger partial charge in [0.15, 0.2) is 5.69 Å². The van der Waals surface area contributed by atoms with E-state index in [-0.39, 0.29) is 10.8 Å². The van der Waals surface area contributed by atoms with Gasteiger partial charge in [-0.15, -0.1) is 0 Å². The van der Waals surface area contributed by atoms with Crippen LogP contribution in [0.1, 0.15) is 21.6 Å². The Balaban J connectivity index is 1.63. The van der Waals surface area contributed by atoms with E-state index in [1.54, 1.807) is 12.1 Å². The van der Waals surface area contributed by atoms with Gasteiger partial charge in [0.25, 0.3) is 5.91 Å². The van der Waals surface area contributed by atoms with E-state index in [9.17, 15) is 13.2 Å². The highest BCUT2D eigenvalue weighted by atomic mass is 32.2. The molecule has 0 radical (unpaired) electrons. The molecule has 0 atom stereocenters. The molecule has 0 unspecified atom stereocenters. The van der Waals surface area contributed by atoms with E-state index in [4.69, 9.17) is 5.14 Å². The summed E-state index contributed by atoms with van der Waals surface area (Å²) < 4.78 is 22.4. The molecular formula is C17H18N4O3S. The van der Waals surface area contributed by atoms with E-state index in [2.05, 4.69) is 15.5 Å². The molecule has 0 fully saturated rings. The summed E-state index contributed by atoms with van der Waals surface area (Å²) in [7, 11) is -3.69. The van der Waals surface area contributed by atoms with Crippen LogP contribution in [0.3, 0.4) is 0 Å². The second kappa shape index (κ2) is 6.66. The van der Waals surface area contributed by atoms with Gasteiger partial charge < -0.3 is 5.32 Å². The number of aromatic nitrogens is 2. The zero-order valence-electron chi connectivity index (χ0n) is 13.6. The lowest BCUT2D eigenvalue weighted by molar-refractivity contribution is 0.0950. The zero-order valence-corrected chi connectivity index (χ0v) is 14.4. The average Bonchev–Trinajstić information content (AvgIpc) is 2.97. The van der Waals surface area contributed by atoms with Gasteiger partial charge in [-0.1, -0.05) is 23.8 Å². The molecule has 130 valence electrons. The second-order valence-electron chi connectivity index (χ2n) is 5.82. The zero-order chi connectivity index (χ0) is 18.0. The molecule has 8 heteroatoms. The van der Waals surface area contributed by atoms with Crippen LogP contribution in [0.15, 0.2) is 47.4 Å². The minimum Gasteiger partial charge on any atom is -0.350 e. The number of amides is 1. The standard InChI is InChI=1S/C17H18N4O3S/c1-11-2-7-15-14(10-11)16(21-20-15)17(22)19-9-8-12-3-5-13(6-4-12)25(18,23)24/h2-7,10H,8-9H2,1H3,(H,19,22)(H,20,21)(H2,18,23,24). The normalized spacial score (nSPS) is 11.6. The predicted octanol–water partition coefficient (Wildman–Crippen LogP) is 1.49. The summed E-state index contributed by atoms with van der Waals surface area (Å²) in [6.07, 6.45) is 0.567. The molecule has 0 saturated carbocycles. The Morgan fingerprint density at radius 2 is 1.92 bits per heavy atom. The Labute approximate surface area is 145 Å². The SMILES string of the molecule is Cc1ccc2[nH]nc(C(=O)NCCc3ccc(S(N)(=O)=O)cc3)c2c1. The number of rotatable bonds is 5. The van der Waals surface area contributed by atoms with Crippen LogP contribution < -0.4 is 10.5 Å². The average molecular weight is 358 g/mol. The molecule has 0 aliphatic carbocycles. The minimum absolute atomic E-state index is 0.0682. The first-order valence-corrected chi connectivity index (χ1v) is 9.24. The molecule has 1 amide bonds. The molecule has 0 bridgehead atoms. The second-order valence-corrected chi connectivity index (χ2v) is 7.38. The first kappa shape index (κ1) is 17.1. The highest BCUT2D eigenvalue weighted by molar-refractivity contribution is 7.89. The van der Waals surface area contributed by atoms with Crippen molar-refractivity contribution in [3.8, 4) is 0 Å². The molecule has 0 spiro atoms. The molecule has 2 aromatic carbocycles. The lowest BCUT2D eigenvalue weighted by Gasteiger charge is -2.05. The van der Waals surface area contributed by atoms with Gasteiger partial charge in [0.05, 0.1) is 10.4 Å². The van der Waals surface area contributed by atoms with Crippen molar-refractivity contribution in [1.82, 2.24) is 15.5 Å². The Kier molecular flexibility index (Phi) is 4.56. The van der Waals surface area contributed by atoms with E-state index in [1.165, 1.54) is 12.1 Å². The Morgan fingerprint density at radius 3 is 2.60 bits per heavy atom. The number of aromatic amines is 1. The van der Waals surface area contributed by atoms with Gasteiger partial charge in [0.2, 0.25) is 10.0 Å². The van der Waals surface area contributed by atoms with Crippen LogP contribution in [0.5, 0.6) is 0 Å². The van der Waals surface area contributed by atoms with Gasteiger partial charge in [0.1, 0.15) is 0 Å². The number of primary sulfonamides is 1. The van der Waals surface area contributed by atoms with Gasteiger partial charge in [-0.05, 0) is 43.2 Å². The number of benzene rings is 2. The van der Waals surface area contributed by atoms with Crippen molar-refractivity contribution in [3.63, 3.8) is 0 Å². The number of carbonyl (C=O) groups excluding carboxylic acids is 1. The molecule has 4 N–H and O–H groups in total. The van der Waals surface area contributed by atoms with Crippen LogP contribution in [-0.4, -0.2) is 31.1 Å². The van der Waals surface area contributed by atoms with Crippen molar-refractivity contribution in [2.45, 2.75) is 18.2 Å². The van der Waals surface area contributed by atoms with Gasteiger partial charge in [0, 0.05) is 11.9 Å². The van der Waals surface area contributed by atoms with E-state index >= 15 is 0 Å². The molecule has 7 nitrogen and oxygen atoms in total. The van der Waals surface area contributed by atoms with Gasteiger partial charge in [-0.25, -0.2) is 13.6 Å². The molecular weight excluding hydrogens is 340 g/mol. The number of H-pyrrole nitrogens is 1. The fourth-order valence-corrected chi connectivity index (χ4v) is 3.07. The Bertz CT molecular complexity index is 1020. The topological polar surface area (TPSA) is 118 Å². The largest absolute Gasteiger partial charge is 0.350 e. The highest BCUT2D eigenvalue weighted by Crippen LogP contribution is 2.17. The number of carbonyl (C=O) groups is 1. The third-order valence-corrected chi connectivity index (χ3v) is 4.81. The number of nitrogens with one attached hydrogen (secondary N) is 2. The summed E-state index contributed by atoms with van der Waals surface area (Å²) >= 11 is 0. The van der Waals surface area contributed by atoms with Crippen molar-refractivity contribution in [2.24, 2.45) is 5.14 Å². The first-order valence-electron chi connectivity index (χ1n) is 7.69. The molecule has 0 saturated heterocycles. The van der Waals surface area contributed by atoms with Crippen molar-refractivity contribution in [2.75, 3.05) is 6.54 Å². The molecule has 3 aromatic rings. The third-order valence-electron chi connectivity index (χ3n) is 3.88. The number of fused-ring (bicyclic) bond motifs is 1. The van der Waals surface area contributed by atoms with E-state index in [0.29, 0.717) is 18.7 Å². The first-order chi connectivity index (χ1) is 11.8. The highest BCUT2D eigenvalue weighted by Gasteiger charge is 2.14. The fourth-order valence-electron chi connectivity index (χ4n) is 2.55. The summed E-state index contributed by atoms with van der Waals surface area (Å²) in [4.78, 5) is 12.4. The summed E-state index contributed by atoms with van der Waals surface area (Å²) in [5.74, 6) is -0.252. The maximum Gasteiger partial charge on any atom is 0.272 e. The quantitative estimate of drug-likeness (QED) is 0.640. The Hall–Kier alpha value is -2.71. The van der Waals surface area contributed by atoms with Crippen LogP contribution in [0.2, 0.25) is 0 Å². The maximum atomic E-state index is 12.3. The summed E-state index contributed by atoms with van der Waals surface area (Å²) in [6, 6.07) is 12.0. The molecule has 25 heavy (non-hydrogen) atoms. The van der Waals surface area contributed by atoms with Crippen LogP contribution in [0, 0.1) is 6.92 Å². The lowest BCUT2D eigenvalue weighted by atomic mass is 10.1. The van der Waals surface area contributed by atoms with Crippen molar-refractivity contribution < 1.29 is 13.2 Å². The van der Waals surface area contributed by atoms with Crippen molar-refractivity contribution in [1.29, 1.82) is 0 Å². The van der Waals surface area contributed by atoms with Gasteiger partial charge in [-0.3, -0.25) is 9.89 Å². The fraction of sp³-hybridized carbons (Fsp3) is 0.176. The number of hydrogen-bond donors (Lipinski definition) is 3. The van der Waals surface area contributed by atoms with Crippen molar-refractivity contribution in [3.05, 3.63) is 59.3 Å². The monoisotopic (exact) mass is 358 g/mol. The van der Waals surface area contributed by atoms with Crippen LogP contribution in [0.25, 0.3) is 10.9 Å². The number of nitrogens with zero attached hydrogens (tertiary/aromatic N) is 1. The van der Waals surface area contributed by atoms with Gasteiger partial charge in [-0.2, -0.15) is 5.10 Å². The van der Waals surface area contributed by atoms with Crippen LogP contribution in [0.4, 0.5) is 0 Å². The van der Waals surface area contributed by atoms with E-state index in [0.717, 1.165) is 22.0 Å².